The van der Waals surface area contributed by atoms with Crippen LogP contribution in [-0.4, -0.2) is 27.6 Å². The highest BCUT2D eigenvalue weighted by atomic mass is 19.4. The fourth-order valence-electron chi connectivity index (χ4n) is 8.29. The molecule has 4 rings (SSSR count). The Kier molecular flexibility index (Phi) is 5.02. The topological polar surface area (TPSA) is 40.5 Å². The van der Waals surface area contributed by atoms with Crippen molar-refractivity contribution in [2.24, 2.45) is 40.4 Å². The monoisotopic (exact) mass is 459 g/mol. The van der Waals surface area contributed by atoms with Crippen LogP contribution in [0.25, 0.3) is 0 Å². The molecule has 0 amide bonds. The lowest BCUT2D eigenvalue weighted by atomic mass is 9.46. The third-order valence-electron chi connectivity index (χ3n) is 10.5. The van der Waals surface area contributed by atoms with Crippen LogP contribution >= 0.6 is 0 Å². The molecule has 2 N–H and O–H groups in total. The van der Waals surface area contributed by atoms with Crippen molar-refractivity contribution in [3.8, 4) is 0 Å². The van der Waals surface area contributed by atoms with Gasteiger partial charge in [-0.3, -0.25) is 0 Å². The molecule has 2 nitrogen and oxygen atoms in total. The fourth-order valence-corrected chi connectivity index (χ4v) is 8.29. The molecule has 0 aromatic rings. The molecule has 0 aromatic heterocycles. The van der Waals surface area contributed by atoms with Gasteiger partial charge in [0.05, 0.1) is 5.60 Å². The predicted octanol–water partition coefficient (Wildman–Crippen LogP) is 7.05. The van der Waals surface area contributed by atoms with Gasteiger partial charge in [-0.15, -0.1) is 0 Å². The second kappa shape index (κ2) is 7.73. The van der Waals surface area contributed by atoms with E-state index >= 15 is 0 Å². The van der Waals surface area contributed by atoms with Gasteiger partial charge in [-0.05, 0) is 118 Å². The van der Waals surface area contributed by atoms with Crippen molar-refractivity contribution in [2.45, 2.75) is 116 Å². The van der Waals surface area contributed by atoms with Crippen LogP contribution in [0.5, 0.6) is 0 Å². The van der Waals surface area contributed by atoms with E-state index in [0.29, 0.717) is 17.8 Å². The van der Waals surface area contributed by atoms with Gasteiger partial charge in [0, 0.05) is 4.11 Å². The normalized spacial score (nSPS) is 48.8. The highest BCUT2D eigenvalue weighted by molar-refractivity contribution is 5.26. The first-order valence-electron chi connectivity index (χ1n) is 14.0. The molecule has 0 bridgehead atoms. The van der Waals surface area contributed by atoms with Crippen molar-refractivity contribution in [1.29, 1.82) is 0 Å². The SMILES string of the molecule is [2H]C([2H])([2H])[C@H](CC[C@](C)(O)C(F)(F)F)[C@H]1CCC2C3CC=C4C[C@@](C)(O)CC[C@]4(C)C3CC[C@@]21C. The zero-order valence-corrected chi connectivity index (χ0v) is 20.1. The number of allylic oxidation sites excluding steroid dienone is 1. The van der Waals surface area contributed by atoms with Gasteiger partial charge in [0.15, 0.2) is 5.60 Å². The van der Waals surface area contributed by atoms with Crippen molar-refractivity contribution in [2.75, 3.05) is 0 Å². The summed E-state index contributed by atoms with van der Waals surface area (Å²) >= 11 is 0. The minimum Gasteiger partial charge on any atom is -0.390 e. The number of hydrogen-bond acceptors (Lipinski definition) is 2. The van der Waals surface area contributed by atoms with Gasteiger partial charge in [0.2, 0.25) is 0 Å². The van der Waals surface area contributed by atoms with Gasteiger partial charge in [-0.25, -0.2) is 0 Å². The van der Waals surface area contributed by atoms with Crippen LogP contribution < -0.4 is 0 Å². The Bertz CT molecular complexity index is 850. The summed E-state index contributed by atoms with van der Waals surface area (Å²) in [5, 5.41) is 20.7. The van der Waals surface area contributed by atoms with Crippen LogP contribution in [0.2, 0.25) is 0 Å². The first kappa shape index (κ1) is 20.8. The van der Waals surface area contributed by atoms with Crippen molar-refractivity contribution < 1.29 is 27.5 Å². The minimum absolute atomic E-state index is 0.0689. The van der Waals surface area contributed by atoms with E-state index in [0.717, 1.165) is 58.3 Å². The molecule has 0 aromatic carbocycles. The maximum Gasteiger partial charge on any atom is 0.416 e. The number of rotatable bonds is 4. The van der Waals surface area contributed by atoms with Gasteiger partial charge in [0.25, 0.3) is 0 Å². The van der Waals surface area contributed by atoms with Gasteiger partial charge in [0.1, 0.15) is 0 Å². The van der Waals surface area contributed by atoms with Crippen LogP contribution in [0.1, 0.15) is 103 Å². The van der Waals surface area contributed by atoms with Crippen molar-refractivity contribution in [3.05, 3.63) is 11.6 Å². The average molecular weight is 460 g/mol. The summed E-state index contributed by atoms with van der Waals surface area (Å²) in [6.45, 7) is 4.86. The molecule has 3 fully saturated rings. The molecular weight excluding hydrogens is 413 g/mol. The number of fused-ring (bicyclic) bond motifs is 5. The van der Waals surface area contributed by atoms with Crippen molar-refractivity contribution in [1.82, 2.24) is 0 Å². The van der Waals surface area contributed by atoms with Crippen LogP contribution in [0, 0.1) is 40.4 Å². The summed E-state index contributed by atoms with van der Waals surface area (Å²) in [5.74, 6) is 0.295. The van der Waals surface area contributed by atoms with E-state index in [1.54, 1.807) is 0 Å². The zero-order valence-electron chi connectivity index (χ0n) is 23.1. The molecule has 0 spiro atoms. The lowest BCUT2D eigenvalue weighted by Crippen LogP contribution is -2.52. The third kappa shape index (κ3) is 3.87. The lowest BCUT2D eigenvalue weighted by molar-refractivity contribution is -0.256. The Hall–Kier alpha value is -0.550. The molecule has 32 heavy (non-hydrogen) atoms. The van der Waals surface area contributed by atoms with Crippen LogP contribution in [-0.2, 0) is 0 Å². The molecule has 3 saturated carbocycles. The van der Waals surface area contributed by atoms with Gasteiger partial charge in [-0.2, -0.15) is 13.2 Å². The van der Waals surface area contributed by atoms with Gasteiger partial charge >= 0.3 is 6.18 Å². The Morgan fingerprint density at radius 3 is 2.50 bits per heavy atom. The second-order valence-electron chi connectivity index (χ2n) is 12.6. The Balaban J connectivity index is 1.58. The van der Waals surface area contributed by atoms with E-state index in [2.05, 4.69) is 19.9 Å². The molecule has 3 unspecified atom stereocenters. The standard InChI is InChI=1S/C27H43F3O2/c1-17(10-13-26(5,32)27(28,29)30)20-8-9-21-19-7-6-18-16-23(2,31)14-15-24(18,3)22(19)11-12-25(20,21)4/h6,17,19-22,31-32H,7-16H2,1-5H3/t17-,19?,20-,21?,22?,23+,24+,25-,26+/m1/s1/i1D3. The Labute approximate surface area is 196 Å². The molecule has 0 saturated heterocycles. The average Bonchev–Trinajstić information content (AvgIpc) is 3.04. The van der Waals surface area contributed by atoms with E-state index in [4.69, 9.17) is 4.11 Å². The molecule has 5 heteroatoms. The molecular formula is C27H43F3O2. The highest BCUT2D eigenvalue weighted by Gasteiger charge is 2.60. The number of halogens is 3. The number of hydrogen-bond donors (Lipinski definition) is 2. The van der Waals surface area contributed by atoms with Gasteiger partial charge < -0.3 is 10.2 Å². The van der Waals surface area contributed by atoms with E-state index in [-0.39, 0.29) is 23.2 Å². The zero-order chi connectivity index (χ0) is 26.2. The molecule has 4 aliphatic rings. The molecule has 0 radical (unpaired) electrons. The highest BCUT2D eigenvalue weighted by Crippen LogP contribution is 2.67. The summed E-state index contributed by atoms with van der Waals surface area (Å²) in [6, 6.07) is 0. The fraction of sp³-hybridized carbons (Fsp3) is 0.926. The summed E-state index contributed by atoms with van der Waals surface area (Å²) in [4.78, 5) is 0. The molecule has 9 atom stereocenters. The molecule has 184 valence electrons. The molecule has 0 heterocycles. The number of aliphatic hydroxyl groups is 2. The summed E-state index contributed by atoms with van der Waals surface area (Å²) in [6.07, 6.45) is 3.77. The maximum absolute atomic E-state index is 13.3. The van der Waals surface area contributed by atoms with E-state index in [1.807, 2.05) is 6.92 Å². The van der Waals surface area contributed by atoms with E-state index < -0.39 is 36.6 Å². The number of alkyl halides is 3. The van der Waals surface area contributed by atoms with Crippen molar-refractivity contribution >= 4 is 0 Å². The first-order valence-corrected chi connectivity index (χ1v) is 12.5. The second-order valence-corrected chi connectivity index (χ2v) is 12.6. The van der Waals surface area contributed by atoms with Crippen LogP contribution in [0.4, 0.5) is 13.2 Å². The largest absolute Gasteiger partial charge is 0.416 e. The van der Waals surface area contributed by atoms with Crippen LogP contribution in [0.3, 0.4) is 0 Å². The van der Waals surface area contributed by atoms with Gasteiger partial charge in [-0.1, -0.05) is 32.3 Å². The summed E-state index contributed by atoms with van der Waals surface area (Å²) < 4.78 is 64.5. The maximum atomic E-state index is 13.3. The first-order chi connectivity index (χ1) is 15.8. The van der Waals surface area contributed by atoms with Crippen LogP contribution in [0.15, 0.2) is 11.6 Å². The quantitative estimate of drug-likeness (QED) is 0.442. The Morgan fingerprint density at radius 2 is 1.84 bits per heavy atom. The summed E-state index contributed by atoms with van der Waals surface area (Å²) in [5.41, 5.74) is -2.30. The smallest absolute Gasteiger partial charge is 0.390 e. The minimum atomic E-state index is -4.78. The van der Waals surface area contributed by atoms with E-state index in [9.17, 15) is 23.4 Å². The molecule has 0 aliphatic heterocycles. The predicted molar refractivity (Wildman–Crippen MR) is 121 cm³/mol. The van der Waals surface area contributed by atoms with E-state index in [1.165, 1.54) is 5.57 Å². The molecule has 4 aliphatic carbocycles. The van der Waals surface area contributed by atoms with Crippen molar-refractivity contribution in [3.63, 3.8) is 0 Å². The third-order valence-corrected chi connectivity index (χ3v) is 10.5. The Morgan fingerprint density at radius 1 is 1.12 bits per heavy atom. The lowest BCUT2D eigenvalue weighted by Gasteiger charge is -2.59. The summed E-state index contributed by atoms with van der Waals surface area (Å²) in [7, 11) is 0.